The summed E-state index contributed by atoms with van der Waals surface area (Å²) in [4.78, 5) is 0. The second kappa shape index (κ2) is 17.1. The van der Waals surface area contributed by atoms with Crippen LogP contribution in [0.5, 0.6) is 0 Å². The Balaban J connectivity index is -0.0000000417. The van der Waals surface area contributed by atoms with Crippen molar-refractivity contribution in [3.05, 3.63) is 13.3 Å². The van der Waals surface area contributed by atoms with Gasteiger partial charge in [-0.2, -0.15) is 5.92 Å². The second-order valence-corrected chi connectivity index (χ2v) is 1.77. The Bertz CT molecular complexity index is 34.2. The van der Waals surface area contributed by atoms with E-state index in [1.165, 1.54) is 0 Å². The van der Waals surface area contributed by atoms with Crippen molar-refractivity contribution in [1.82, 2.24) is 0 Å². The molecule has 0 aliphatic carbocycles. The molecule has 0 aromatic heterocycles. The van der Waals surface area contributed by atoms with Crippen LogP contribution in [0.1, 0.15) is 20.3 Å². The van der Waals surface area contributed by atoms with Crippen molar-refractivity contribution >= 4 is 0 Å². The number of hydrogen-bond acceptors (Lipinski definition) is 0. The van der Waals surface area contributed by atoms with Gasteiger partial charge in [-0.05, 0) is 0 Å². The zero-order chi connectivity index (χ0) is 4.99. The van der Waals surface area contributed by atoms with Crippen molar-refractivity contribution in [1.29, 1.82) is 0 Å². The summed E-state index contributed by atoms with van der Waals surface area (Å²) in [6, 6.07) is 0. The van der Waals surface area contributed by atoms with Gasteiger partial charge in [0.25, 0.3) is 0 Å². The van der Waals surface area contributed by atoms with Gasteiger partial charge >= 0.3 is 0 Å². The van der Waals surface area contributed by atoms with Crippen molar-refractivity contribution in [2.24, 2.45) is 5.92 Å². The van der Waals surface area contributed by atoms with Crippen molar-refractivity contribution in [2.75, 3.05) is 0 Å². The first-order valence-corrected chi connectivity index (χ1v) is 2.40. The molecule has 0 aliphatic rings. The van der Waals surface area contributed by atoms with E-state index in [4.69, 9.17) is 0 Å². The zero-order valence-electron chi connectivity index (χ0n) is 6.05. The van der Waals surface area contributed by atoms with Crippen LogP contribution in [0.2, 0.25) is 0 Å². The molecule has 0 aliphatic heterocycles. The fourth-order valence-corrected chi connectivity index (χ4v) is 0.333. The van der Waals surface area contributed by atoms with E-state index in [-0.39, 0.29) is 84.9 Å². The largest absolute Gasteiger partial charge is 0.372 e. The predicted molar refractivity (Wildman–Crippen MR) is 29.1 cm³/mol. The summed E-state index contributed by atoms with van der Waals surface area (Å²) in [5.41, 5.74) is 0. The zero-order valence-corrected chi connectivity index (χ0v) is 16.0. The van der Waals surface area contributed by atoms with Crippen LogP contribution in [-0.2, 0) is 53.8 Å². The molecule has 51 valence electrons. The topological polar surface area (TPSA) is 0 Å². The average Bonchev–Trinajstić information content (AvgIpc) is 1.35. The maximum Gasteiger partial charge on any atom is 0 e. The molecule has 1 radical (unpaired) electrons. The van der Waals surface area contributed by atoms with E-state index in [0.717, 1.165) is 6.42 Å². The van der Waals surface area contributed by atoms with Gasteiger partial charge in [0.1, 0.15) is 0 Å². The number of rotatable bonds is 2. The Labute approximate surface area is 122 Å². The van der Waals surface area contributed by atoms with E-state index in [2.05, 4.69) is 27.2 Å². The molecule has 0 amide bonds. The van der Waals surface area contributed by atoms with Crippen LogP contribution in [-0.4, -0.2) is 0 Å². The molecular formula is C6H12UWY-2. The number of hydrogen-bond donors (Lipinski definition) is 0. The van der Waals surface area contributed by atoms with Gasteiger partial charge in [0.2, 0.25) is 0 Å². The fourth-order valence-electron chi connectivity index (χ4n) is 0.333. The third-order valence-electron chi connectivity index (χ3n) is 0.638. The average molecular weight is 595 g/mol. The Kier molecular flexibility index (Phi) is 43.0. The molecule has 0 aromatic carbocycles. The van der Waals surface area contributed by atoms with Gasteiger partial charge in [-0.1, -0.05) is 13.8 Å². The van der Waals surface area contributed by atoms with Crippen LogP contribution in [0.25, 0.3) is 0 Å². The van der Waals surface area contributed by atoms with Crippen LogP contribution in [0.4, 0.5) is 0 Å². The van der Waals surface area contributed by atoms with Gasteiger partial charge in [0.15, 0.2) is 0 Å². The van der Waals surface area contributed by atoms with E-state index < -0.39 is 0 Å². The van der Waals surface area contributed by atoms with Crippen LogP contribution in [0, 0.1) is 50.4 Å². The van der Waals surface area contributed by atoms with Crippen molar-refractivity contribution in [3.8, 4) is 0 Å². The van der Waals surface area contributed by atoms with Crippen LogP contribution in [0.3, 0.4) is 0 Å². The summed E-state index contributed by atoms with van der Waals surface area (Å²) in [7, 11) is 0. The third kappa shape index (κ3) is 24.8. The smallest absolute Gasteiger partial charge is 0 e. The maximum atomic E-state index is 3.67. The molecule has 0 saturated heterocycles. The van der Waals surface area contributed by atoms with E-state index in [0.29, 0.717) is 5.92 Å². The Hall–Kier alpha value is 2.84. The van der Waals surface area contributed by atoms with Crippen molar-refractivity contribution < 1.29 is 84.9 Å². The summed E-state index contributed by atoms with van der Waals surface area (Å²) < 4.78 is 0. The summed E-state index contributed by atoms with van der Waals surface area (Å²) in [6.45, 7) is 7.99. The second-order valence-electron chi connectivity index (χ2n) is 1.77. The summed E-state index contributed by atoms with van der Waals surface area (Å²) in [6.07, 6.45) is 3.14. The molecule has 0 spiro atoms. The van der Waals surface area contributed by atoms with Gasteiger partial charge in [-0.3, -0.25) is 0 Å². The molecule has 3 heteroatoms. The normalized spacial score (nSPS) is 6.67. The van der Waals surface area contributed by atoms with E-state index in [9.17, 15) is 0 Å². The summed E-state index contributed by atoms with van der Waals surface area (Å²) in [5, 5.41) is 0. The third-order valence-corrected chi connectivity index (χ3v) is 0.638. The predicted octanol–water partition coefficient (Wildman–Crippen LogP) is 2.07. The molecule has 0 rings (SSSR count). The van der Waals surface area contributed by atoms with Crippen LogP contribution in [0.15, 0.2) is 0 Å². The molecule has 0 unspecified atom stereocenters. The Morgan fingerprint density at radius 1 is 1.44 bits per heavy atom. The van der Waals surface area contributed by atoms with Crippen molar-refractivity contribution in [3.63, 3.8) is 0 Å². The minimum absolute atomic E-state index is 0. The maximum absolute atomic E-state index is 3.67. The Morgan fingerprint density at radius 3 is 1.78 bits per heavy atom. The van der Waals surface area contributed by atoms with Gasteiger partial charge in [0.05, 0.1) is 0 Å². The minimum Gasteiger partial charge on any atom is -0.372 e. The molecule has 0 heterocycles. The summed E-state index contributed by atoms with van der Waals surface area (Å²) >= 11 is 0. The van der Waals surface area contributed by atoms with Gasteiger partial charge < -0.3 is 19.8 Å². The van der Waals surface area contributed by atoms with E-state index in [1.54, 1.807) is 0 Å². The Morgan fingerprint density at radius 2 is 1.78 bits per heavy atom. The monoisotopic (exact) mass is 595 g/mol. The first-order chi connectivity index (χ1) is 2.77. The molecule has 0 fully saturated rings. The van der Waals surface area contributed by atoms with Gasteiger partial charge in [0, 0.05) is 84.9 Å². The molecule has 0 aromatic rings. The van der Waals surface area contributed by atoms with Gasteiger partial charge in [-0.25, -0.2) is 0 Å². The van der Waals surface area contributed by atoms with Gasteiger partial charge in [-0.15, -0.1) is 0 Å². The van der Waals surface area contributed by atoms with Crippen LogP contribution >= 0.6 is 0 Å². The molecular weight excluding hydrogens is 583 g/mol. The molecule has 0 nitrogen and oxygen atoms in total. The minimum atomic E-state index is 0. The first-order valence-electron chi connectivity index (χ1n) is 2.40. The molecule has 0 bridgehead atoms. The first kappa shape index (κ1) is 22.6. The SMILES string of the molecule is [CH2-]C[CH-]C(C)C.[U].[W].[Y]. The fraction of sp³-hybridized carbons (Fsp3) is 0.667. The molecule has 9 heavy (non-hydrogen) atoms. The van der Waals surface area contributed by atoms with E-state index in [1.807, 2.05) is 0 Å². The summed E-state index contributed by atoms with van der Waals surface area (Å²) in [5.74, 6) is 0.711. The van der Waals surface area contributed by atoms with Crippen LogP contribution < -0.4 is 0 Å². The molecule has 0 atom stereocenters. The quantitative estimate of drug-likeness (QED) is 0.430. The molecule has 0 saturated carbocycles. The van der Waals surface area contributed by atoms with E-state index >= 15 is 0 Å². The van der Waals surface area contributed by atoms with Crippen molar-refractivity contribution in [2.45, 2.75) is 20.3 Å². The standard InChI is InChI=1S/C6H12.U.W.Y/c1-4-5-6(2)3;;;/h5-6H,1,4H2,2-3H3;;;/q-2;;;. The molecule has 0 N–H and O–H groups in total.